The fourth-order valence-electron chi connectivity index (χ4n) is 4.55. The molecule has 4 rings (SSSR count). The average molecular weight is 720 g/mol. The van der Waals surface area contributed by atoms with Crippen LogP contribution in [0.5, 0.6) is 5.75 Å². The number of hydrogen-bond donors (Lipinski definition) is 3. The highest BCUT2D eigenvalue weighted by atomic mass is 35.5. The summed E-state index contributed by atoms with van der Waals surface area (Å²) in [7, 11) is 0.500. The first-order valence-corrected chi connectivity index (χ1v) is 17.2. The number of β-amino-alcohol motifs (C(OH)–C–C–N with tert-alkyl or cyclic N) is 1. The molecule has 244 valence electrons. The number of thiophene rings is 1. The largest absolute Gasteiger partial charge is 0.489 e. The highest BCUT2D eigenvalue weighted by Crippen LogP contribution is 2.36. The molecule has 1 aromatic carbocycles. The molecule has 45 heavy (non-hydrogen) atoms. The fraction of sp³-hybridized carbons (Fsp3) is 0.393. The Morgan fingerprint density at radius 1 is 1.09 bits per heavy atom. The monoisotopic (exact) mass is 718 g/mol. The van der Waals surface area contributed by atoms with Crippen molar-refractivity contribution >= 4 is 79.7 Å². The van der Waals surface area contributed by atoms with E-state index in [4.69, 9.17) is 39.5 Å². The number of benzene rings is 1. The number of amides is 2. The van der Waals surface area contributed by atoms with E-state index in [-0.39, 0.29) is 50.9 Å². The molecule has 12 nitrogen and oxygen atoms in total. The summed E-state index contributed by atoms with van der Waals surface area (Å²) in [6, 6.07) is 5.85. The molecule has 1 aliphatic rings. The Balaban J connectivity index is 1.62. The van der Waals surface area contributed by atoms with Gasteiger partial charge in [0.2, 0.25) is 0 Å². The Morgan fingerprint density at radius 2 is 1.80 bits per heavy atom. The summed E-state index contributed by atoms with van der Waals surface area (Å²) >= 11 is 19.9. The zero-order chi connectivity index (χ0) is 32.9. The SMILES string of the molecule is CN(C)S(=O)(=O)N(C)Cc1csc(C(=O)Nc2c(OCC(O)CN3CCCC3)cc(Cl)cc2C(=O)Nc2ccc(Cl)cn2)c1Cl. The smallest absolute Gasteiger partial charge is 0.281 e. The number of ether oxygens (including phenoxy) is 1. The van der Waals surface area contributed by atoms with Crippen LogP contribution in [-0.2, 0) is 16.8 Å². The highest BCUT2D eigenvalue weighted by Gasteiger charge is 2.27. The molecular formula is C28H33Cl3N6O6S2. The third kappa shape index (κ3) is 9.05. The second-order valence-corrected chi connectivity index (χ2v) is 14.9. The van der Waals surface area contributed by atoms with Gasteiger partial charge in [0.05, 0.1) is 21.3 Å². The minimum atomic E-state index is -3.72. The van der Waals surface area contributed by atoms with Crippen LogP contribution in [0.15, 0.2) is 35.8 Å². The van der Waals surface area contributed by atoms with Gasteiger partial charge < -0.3 is 25.4 Å². The van der Waals surface area contributed by atoms with Crippen molar-refractivity contribution < 1.29 is 27.9 Å². The first-order valence-electron chi connectivity index (χ1n) is 13.8. The van der Waals surface area contributed by atoms with E-state index in [1.54, 1.807) is 11.4 Å². The Hall–Kier alpha value is -2.53. The van der Waals surface area contributed by atoms with Crippen LogP contribution in [0.4, 0.5) is 11.5 Å². The van der Waals surface area contributed by atoms with Crippen molar-refractivity contribution in [2.75, 3.05) is 58.0 Å². The number of carbonyl (C=O) groups excluding carboxylic acids is 2. The van der Waals surface area contributed by atoms with Crippen molar-refractivity contribution in [3.63, 3.8) is 0 Å². The van der Waals surface area contributed by atoms with Gasteiger partial charge in [-0.1, -0.05) is 34.8 Å². The Kier molecular flexibility index (Phi) is 12.1. The molecule has 17 heteroatoms. The van der Waals surface area contributed by atoms with Crippen molar-refractivity contribution in [3.05, 3.63) is 66.9 Å². The number of pyridine rings is 1. The van der Waals surface area contributed by atoms with E-state index >= 15 is 0 Å². The fourth-order valence-corrected chi connectivity index (χ4v) is 6.97. The number of halogens is 3. The topological polar surface area (TPSA) is 144 Å². The van der Waals surface area contributed by atoms with Crippen molar-refractivity contribution in [2.45, 2.75) is 25.5 Å². The van der Waals surface area contributed by atoms with Crippen LogP contribution < -0.4 is 15.4 Å². The van der Waals surface area contributed by atoms with E-state index in [9.17, 15) is 23.1 Å². The Labute approximate surface area is 281 Å². The van der Waals surface area contributed by atoms with E-state index < -0.39 is 28.1 Å². The maximum atomic E-state index is 13.6. The molecule has 2 aromatic heterocycles. The molecule has 0 spiro atoms. The molecule has 3 heterocycles. The Morgan fingerprint density at radius 3 is 2.44 bits per heavy atom. The van der Waals surface area contributed by atoms with Gasteiger partial charge in [0, 0.05) is 51.5 Å². The first kappa shape index (κ1) is 35.3. The van der Waals surface area contributed by atoms with Gasteiger partial charge in [0.15, 0.2) is 0 Å². The lowest BCUT2D eigenvalue weighted by atomic mass is 10.1. The summed E-state index contributed by atoms with van der Waals surface area (Å²) in [4.78, 5) is 33.3. The molecular weight excluding hydrogens is 687 g/mol. The molecule has 0 bridgehead atoms. The van der Waals surface area contributed by atoms with Crippen LogP contribution in [0.2, 0.25) is 15.1 Å². The number of aromatic nitrogens is 1. The number of carbonyl (C=O) groups is 2. The summed E-state index contributed by atoms with van der Waals surface area (Å²) in [5.74, 6) is -1.07. The van der Waals surface area contributed by atoms with E-state index in [2.05, 4.69) is 20.5 Å². The van der Waals surface area contributed by atoms with Crippen molar-refractivity contribution in [1.29, 1.82) is 0 Å². The number of aliphatic hydroxyl groups is 1. The second-order valence-electron chi connectivity index (χ2n) is 10.5. The van der Waals surface area contributed by atoms with Crippen LogP contribution in [0.1, 0.15) is 38.4 Å². The maximum Gasteiger partial charge on any atom is 0.281 e. The van der Waals surface area contributed by atoms with Crippen LogP contribution in [0.25, 0.3) is 0 Å². The quantitative estimate of drug-likeness (QED) is 0.231. The summed E-state index contributed by atoms with van der Waals surface area (Å²) in [5.41, 5.74) is 0.369. The van der Waals surface area contributed by atoms with E-state index in [0.29, 0.717) is 17.1 Å². The Bertz CT molecular complexity index is 1630. The molecule has 0 radical (unpaired) electrons. The van der Waals surface area contributed by atoms with Gasteiger partial charge in [-0.05, 0) is 55.1 Å². The van der Waals surface area contributed by atoms with Gasteiger partial charge in [-0.15, -0.1) is 11.3 Å². The summed E-state index contributed by atoms with van der Waals surface area (Å²) < 4.78 is 33.1. The highest BCUT2D eigenvalue weighted by molar-refractivity contribution is 7.86. The molecule has 0 aliphatic carbocycles. The number of hydrogen-bond acceptors (Lipinski definition) is 9. The van der Waals surface area contributed by atoms with Crippen molar-refractivity contribution in [1.82, 2.24) is 18.5 Å². The van der Waals surface area contributed by atoms with Crippen LogP contribution in [0, 0.1) is 0 Å². The lowest BCUT2D eigenvalue weighted by Crippen LogP contribution is -2.36. The summed E-state index contributed by atoms with van der Waals surface area (Å²) in [6.45, 7) is 1.98. The summed E-state index contributed by atoms with van der Waals surface area (Å²) in [5, 5.41) is 18.2. The lowest BCUT2D eigenvalue weighted by molar-refractivity contribution is 0.0760. The normalized spacial score (nSPS) is 14.6. The predicted octanol–water partition coefficient (Wildman–Crippen LogP) is 4.68. The van der Waals surface area contributed by atoms with E-state index in [1.165, 1.54) is 45.5 Å². The van der Waals surface area contributed by atoms with E-state index in [1.807, 2.05) is 0 Å². The molecule has 1 fully saturated rings. The molecule has 1 aliphatic heterocycles. The van der Waals surface area contributed by atoms with Crippen LogP contribution in [0.3, 0.4) is 0 Å². The predicted molar refractivity (Wildman–Crippen MR) is 177 cm³/mol. The van der Waals surface area contributed by atoms with Crippen molar-refractivity contribution in [3.8, 4) is 5.75 Å². The minimum absolute atomic E-state index is 0.0115. The average Bonchev–Trinajstić information content (AvgIpc) is 3.63. The maximum absolute atomic E-state index is 13.6. The standard InChI is InChI=1S/C28H33Cl3N6O6S2/c1-35(2)45(41,42)36(3)13-17-16-44-26(24(17)31)28(40)34-25-21(27(39)33-23-7-6-18(29)12-32-23)10-19(30)11-22(25)43-15-20(38)14-37-8-4-5-9-37/h6-7,10-12,16,20,38H,4-5,8-9,13-15H2,1-3H3,(H,34,40)(H,32,33,39). The van der Waals surface area contributed by atoms with Crippen molar-refractivity contribution in [2.24, 2.45) is 0 Å². The van der Waals surface area contributed by atoms with E-state index in [0.717, 1.165) is 45.9 Å². The third-order valence-corrected chi connectivity index (χ3v) is 10.7. The first-order chi connectivity index (χ1) is 21.3. The zero-order valence-corrected chi connectivity index (χ0v) is 28.6. The molecule has 1 unspecified atom stereocenters. The van der Waals surface area contributed by atoms with Gasteiger partial charge >= 0.3 is 0 Å². The number of aliphatic hydroxyl groups excluding tert-OH is 1. The second kappa shape index (κ2) is 15.4. The lowest BCUT2D eigenvalue weighted by Gasteiger charge is -2.21. The number of anilines is 2. The zero-order valence-electron chi connectivity index (χ0n) is 24.7. The van der Waals surface area contributed by atoms with Gasteiger partial charge in [-0.3, -0.25) is 9.59 Å². The minimum Gasteiger partial charge on any atom is -0.489 e. The molecule has 3 N–H and O–H groups in total. The summed E-state index contributed by atoms with van der Waals surface area (Å²) in [6.07, 6.45) is 2.65. The van der Waals surface area contributed by atoms with Crippen LogP contribution in [-0.4, -0.2) is 97.3 Å². The van der Waals surface area contributed by atoms with Gasteiger partial charge in [0.25, 0.3) is 22.0 Å². The van der Waals surface area contributed by atoms with Gasteiger partial charge in [0.1, 0.15) is 29.2 Å². The van der Waals surface area contributed by atoms with Gasteiger partial charge in [-0.2, -0.15) is 17.0 Å². The number of rotatable bonds is 13. The van der Waals surface area contributed by atoms with Crippen LogP contribution >= 0.6 is 46.1 Å². The molecule has 1 saturated heterocycles. The number of nitrogens with zero attached hydrogens (tertiary/aromatic N) is 4. The molecule has 1 atom stereocenters. The molecule has 3 aromatic rings. The molecule has 2 amide bonds. The van der Waals surface area contributed by atoms with Gasteiger partial charge in [-0.25, -0.2) is 4.98 Å². The number of likely N-dealkylation sites (tertiary alicyclic amines) is 1. The molecule has 0 saturated carbocycles. The number of nitrogens with one attached hydrogen (secondary N) is 2. The third-order valence-electron chi connectivity index (χ3n) is 6.87.